The molecule has 106 valence electrons. The van der Waals surface area contributed by atoms with Gasteiger partial charge in [0.1, 0.15) is 0 Å². The molecule has 0 spiro atoms. The summed E-state index contributed by atoms with van der Waals surface area (Å²) in [5.41, 5.74) is 6.12. The summed E-state index contributed by atoms with van der Waals surface area (Å²) in [6, 6.07) is 1.02. The Labute approximate surface area is 116 Å². The summed E-state index contributed by atoms with van der Waals surface area (Å²) in [4.78, 5) is 7.06. The van der Waals surface area contributed by atoms with Gasteiger partial charge in [0, 0.05) is 37.6 Å². The van der Waals surface area contributed by atoms with Crippen LogP contribution in [0.25, 0.3) is 0 Å². The van der Waals surface area contributed by atoms with Crippen molar-refractivity contribution in [2.24, 2.45) is 11.7 Å². The van der Waals surface area contributed by atoms with Crippen LogP contribution >= 0.6 is 0 Å². The predicted octanol–water partition coefficient (Wildman–Crippen LogP) is 2.56. The highest BCUT2D eigenvalue weighted by Crippen LogP contribution is 2.32. The Bertz CT molecular complexity index is 408. The topological polar surface area (TPSA) is 47.1 Å². The van der Waals surface area contributed by atoms with Crippen LogP contribution in [-0.4, -0.2) is 28.7 Å². The first-order valence-electron chi connectivity index (χ1n) is 7.79. The van der Waals surface area contributed by atoms with Crippen LogP contribution in [0.15, 0.2) is 12.4 Å². The van der Waals surface area contributed by atoms with Crippen molar-refractivity contribution in [2.45, 2.75) is 57.5 Å². The van der Waals surface area contributed by atoms with E-state index >= 15 is 0 Å². The van der Waals surface area contributed by atoms with Crippen LogP contribution in [0.3, 0.4) is 0 Å². The SMILES string of the molecule is CC1CN(c2nccn2C2CCCCC2)CCC1N. The molecule has 1 aliphatic heterocycles. The highest BCUT2D eigenvalue weighted by atomic mass is 15.3. The molecule has 1 aromatic heterocycles. The zero-order valence-electron chi connectivity index (χ0n) is 12.0. The number of aromatic nitrogens is 2. The molecule has 0 bridgehead atoms. The molecule has 2 N–H and O–H groups in total. The van der Waals surface area contributed by atoms with Crippen LogP contribution < -0.4 is 10.6 Å². The number of rotatable bonds is 2. The summed E-state index contributed by atoms with van der Waals surface area (Å²) in [5.74, 6) is 1.73. The molecule has 0 amide bonds. The molecule has 2 aliphatic rings. The fourth-order valence-corrected chi connectivity index (χ4v) is 3.54. The lowest BCUT2D eigenvalue weighted by atomic mass is 9.94. The Balaban J connectivity index is 1.76. The highest BCUT2D eigenvalue weighted by molar-refractivity contribution is 5.33. The lowest BCUT2D eigenvalue weighted by Crippen LogP contribution is -2.47. The maximum atomic E-state index is 6.12. The number of nitrogens with two attached hydrogens (primary N) is 1. The minimum Gasteiger partial charge on any atom is -0.342 e. The van der Waals surface area contributed by atoms with E-state index < -0.39 is 0 Å². The summed E-state index contributed by atoms with van der Waals surface area (Å²) < 4.78 is 2.42. The highest BCUT2D eigenvalue weighted by Gasteiger charge is 2.27. The van der Waals surface area contributed by atoms with E-state index in [1.807, 2.05) is 6.20 Å². The first-order chi connectivity index (χ1) is 9.25. The van der Waals surface area contributed by atoms with Crippen molar-refractivity contribution in [1.82, 2.24) is 9.55 Å². The van der Waals surface area contributed by atoms with E-state index in [0.29, 0.717) is 18.0 Å². The summed E-state index contributed by atoms with van der Waals surface area (Å²) in [7, 11) is 0. The summed E-state index contributed by atoms with van der Waals surface area (Å²) in [5, 5.41) is 0. The van der Waals surface area contributed by atoms with Crippen molar-refractivity contribution in [1.29, 1.82) is 0 Å². The molecule has 2 atom stereocenters. The number of nitrogens with zero attached hydrogens (tertiary/aromatic N) is 3. The number of anilines is 1. The van der Waals surface area contributed by atoms with Crippen LogP contribution in [0, 0.1) is 5.92 Å². The quantitative estimate of drug-likeness (QED) is 0.891. The summed E-state index contributed by atoms with van der Waals surface area (Å²) in [6.07, 6.45) is 12.0. The van der Waals surface area contributed by atoms with Gasteiger partial charge in [-0.05, 0) is 25.2 Å². The van der Waals surface area contributed by atoms with E-state index in [4.69, 9.17) is 5.73 Å². The third-order valence-electron chi connectivity index (χ3n) is 4.87. The fraction of sp³-hybridized carbons (Fsp3) is 0.800. The normalized spacial score (nSPS) is 29.7. The molecule has 2 heterocycles. The Morgan fingerprint density at radius 2 is 2.00 bits per heavy atom. The lowest BCUT2D eigenvalue weighted by Gasteiger charge is -2.37. The Morgan fingerprint density at radius 1 is 1.21 bits per heavy atom. The lowest BCUT2D eigenvalue weighted by molar-refractivity contribution is 0.341. The van der Waals surface area contributed by atoms with Gasteiger partial charge in [-0.25, -0.2) is 4.98 Å². The standard InChI is InChI=1S/C15H26N4/c1-12-11-18(9-7-14(12)16)15-17-8-10-19(15)13-5-3-2-4-6-13/h8,10,12-14H,2-7,9,11,16H2,1H3. The third kappa shape index (κ3) is 2.64. The van der Waals surface area contributed by atoms with Crippen molar-refractivity contribution < 1.29 is 0 Å². The maximum absolute atomic E-state index is 6.12. The van der Waals surface area contributed by atoms with Gasteiger partial charge in [-0.3, -0.25) is 0 Å². The second kappa shape index (κ2) is 5.53. The molecule has 19 heavy (non-hydrogen) atoms. The monoisotopic (exact) mass is 262 g/mol. The van der Waals surface area contributed by atoms with Gasteiger partial charge in [-0.15, -0.1) is 0 Å². The molecule has 2 unspecified atom stereocenters. The van der Waals surface area contributed by atoms with Crippen LogP contribution in [0.5, 0.6) is 0 Å². The van der Waals surface area contributed by atoms with Gasteiger partial charge in [-0.2, -0.15) is 0 Å². The van der Waals surface area contributed by atoms with Crippen LogP contribution in [0.2, 0.25) is 0 Å². The van der Waals surface area contributed by atoms with Gasteiger partial charge in [-0.1, -0.05) is 26.2 Å². The third-order valence-corrected chi connectivity index (χ3v) is 4.87. The van der Waals surface area contributed by atoms with E-state index in [0.717, 1.165) is 19.5 Å². The van der Waals surface area contributed by atoms with Gasteiger partial charge in [0.15, 0.2) is 0 Å². The smallest absolute Gasteiger partial charge is 0.205 e. The molecule has 0 aromatic carbocycles. The van der Waals surface area contributed by atoms with E-state index in [1.165, 1.54) is 38.1 Å². The molecule has 1 aliphatic carbocycles. The molecule has 1 aromatic rings. The minimum atomic E-state index is 0.356. The number of piperidine rings is 1. The average Bonchev–Trinajstić information content (AvgIpc) is 2.92. The summed E-state index contributed by atoms with van der Waals surface area (Å²) >= 11 is 0. The van der Waals surface area contributed by atoms with Crippen molar-refractivity contribution in [3.63, 3.8) is 0 Å². The average molecular weight is 262 g/mol. The largest absolute Gasteiger partial charge is 0.342 e. The Kier molecular flexibility index (Phi) is 3.78. The second-order valence-electron chi connectivity index (χ2n) is 6.30. The maximum Gasteiger partial charge on any atom is 0.205 e. The van der Waals surface area contributed by atoms with E-state index in [2.05, 4.69) is 27.6 Å². The zero-order valence-corrected chi connectivity index (χ0v) is 12.0. The predicted molar refractivity (Wildman–Crippen MR) is 78.3 cm³/mol. The molecule has 3 rings (SSSR count). The van der Waals surface area contributed by atoms with Gasteiger partial charge in [0.2, 0.25) is 5.95 Å². The molecule has 4 heteroatoms. The molecule has 2 fully saturated rings. The van der Waals surface area contributed by atoms with Crippen molar-refractivity contribution in [3.8, 4) is 0 Å². The Morgan fingerprint density at radius 3 is 2.74 bits per heavy atom. The molecular formula is C15H26N4. The van der Waals surface area contributed by atoms with Crippen LogP contribution in [0.1, 0.15) is 51.5 Å². The van der Waals surface area contributed by atoms with Crippen molar-refractivity contribution in [3.05, 3.63) is 12.4 Å². The van der Waals surface area contributed by atoms with Crippen molar-refractivity contribution in [2.75, 3.05) is 18.0 Å². The van der Waals surface area contributed by atoms with Gasteiger partial charge in [0.05, 0.1) is 0 Å². The van der Waals surface area contributed by atoms with Crippen molar-refractivity contribution >= 4 is 5.95 Å². The molecule has 4 nitrogen and oxygen atoms in total. The van der Waals surface area contributed by atoms with E-state index in [1.54, 1.807) is 0 Å². The molecule has 1 saturated heterocycles. The van der Waals surface area contributed by atoms with Gasteiger partial charge in [0.25, 0.3) is 0 Å². The fourth-order valence-electron chi connectivity index (χ4n) is 3.54. The second-order valence-corrected chi connectivity index (χ2v) is 6.30. The van der Waals surface area contributed by atoms with Gasteiger partial charge >= 0.3 is 0 Å². The van der Waals surface area contributed by atoms with E-state index in [9.17, 15) is 0 Å². The van der Waals surface area contributed by atoms with E-state index in [-0.39, 0.29) is 0 Å². The minimum absolute atomic E-state index is 0.356. The molecular weight excluding hydrogens is 236 g/mol. The van der Waals surface area contributed by atoms with Gasteiger partial charge < -0.3 is 15.2 Å². The molecule has 1 saturated carbocycles. The first kappa shape index (κ1) is 13.0. The number of imidazole rings is 1. The Hall–Kier alpha value is -1.03. The molecule has 0 radical (unpaired) electrons. The summed E-state index contributed by atoms with van der Waals surface area (Å²) in [6.45, 7) is 4.35. The van der Waals surface area contributed by atoms with Crippen LogP contribution in [-0.2, 0) is 0 Å². The van der Waals surface area contributed by atoms with Crippen LogP contribution in [0.4, 0.5) is 5.95 Å². The number of hydrogen-bond donors (Lipinski definition) is 1. The zero-order chi connectivity index (χ0) is 13.2. The number of hydrogen-bond acceptors (Lipinski definition) is 3. The first-order valence-corrected chi connectivity index (χ1v) is 7.79.